The maximum Gasteiger partial charge on any atom is 0.135 e. The second-order valence-corrected chi connectivity index (χ2v) is 22.9. The van der Waals surface area contributed by atoms with Gasteiger partial charge in [-0.3, -0.25) is 0 Å². The largest absolute Gasteiger partial charge is 0.496 e. The fourth-order valence-corrected chi connectivity index (χ4v) is 10.2. The van der Waals surface area contributed by atoms with Gasteiger partial charge in [0.05, 0.1) is 20.3 Å². The van der Waals surface area contributed by atoms with Gasteiger partial charge in [-0.15, -0.1) is 9.24 Å². The Balaban J connectivity index is 1.57. The highest BCUT2D eigenvalue weighted by Gasteiger charge is 2.33. The molecular weight excluding hydrogens is 823 g/mol. The van der Waals surface area contributed by atoms with E-state index in [1.807, 2.05) is 7.11 Å². The highest BCUT2D eigenvalue weighted by molar-refractivity contribution is 7.43. The van der Waals surface area contributed by atoms with E-state index in [-0.39, 0.29) is 30.5 Å². The molecule has 7 rings (SSSR count). The van der Waals surface area contributed by atoms with E-state index in [4.69, 9.17) is 18.7 Å². The highest BCUT2D eigenvalue weighted by Crippen LogP contribution is 2.52. The first-order valence-corrected chi connectivity index (χ1v) is 24.5. The molecule has 2 atom stereocenters. The van der Waals surface area contributed by atoms with Crippen molar-refractivity contribution in [1.82, 2.24) is 0 Å². The van der Waals surface area contributed by atoms with E-state index in [0.29, 0.717) is 13.2 Å². The van der Waals surface area contributed by atoms with Gasteiger partial charge in [-0.1, -0.05) is 162 Å². The summed E-state index contributed by atoms with van der Waals surface area (Å²) in [5.74, 6) is 3.44. The molecule has 6 aromatic carbocycles. The zero-order valence-electron chi connectivity index (χ0n) is 40.6. The highest BCUT2D eigenvalue weighted by atomic mass is 31.1. The van der Waals surface area contributed by atoms with E-state index >= 15 is 0 Å². The van der Waals surface area contributed by atoms with Crippen LogP contribution in [0.25, 0.3) is 44.5 Å². The van der Waals surface area contributed by atoms with Crippen LogP contribution in [0.2, 0.25) is 0 Å². The number of ether oxygens (including phenoxy) is 3. The first kappa shape index (κ1) is 47.3. The Morgan fingerprint density at radius 1 is 0.484 bits per heavy atom. The van der Waals surface area contributed by atoms with Crippen molar-refractivity contribution >= 4 is 28.7 Å². The zero-order valence-corrected chi connectivity index (χ0v) is 42.8. The van der Waals surface area contributed by atoms with Crippen LogP contribution in [-0.2, 0) is 21.7 Å². The molecule has 6 heteroatoms. The number of benzene rings is 6. The minimum absolute atomic E-state index is 0.108. The molecule has 0 N–H and O–H groups in total. The first-order valence-electron chi connectivity index (χ1n) is 23.0. The number of methoxy groups -OCH3 is 1. The lowest BCUT2D eigenvalue weighted by molar-refractivity contribution is 0.284. The molecule has 0 aromatic heterocycles. The van der Waals surface area contributed by atoms with Crippen molar-refractivity contribution in [3.05, 3.63) is 131 Å². The summed E-state index contributed by atoms with van der Waals surface area (Å²) in [6, 6.07) is 39.5. The zero-order chi connectivity index (χ0) is 46.2. The van der Waals surface area contributed by atoms with Crippen LogP contribution in [0, 0.1) is 0 Å². The number of hydrogen-bond acceptors (Lipinski definition) is 4. The molecule has 0 bridgehead atoms. The minimum Gasteiger partial charge on any atom is -0.496 e. The molecule has 0 spiro atoms. The SMILES string of the molecule is COc1c(-c2cc(C(C)(C)C)cc(C(C)(C)C)c2OPc2c(-c3ccccc3)ccc3c2-c2c(ccc(-c4ccccc4)c2P)OCCCCCO3)cc(C(C)(C)C)cc1C(C)(C)C. The van der Waals surface area contributed by atoms with E-state index in [2.05, 4.69) is 202 Å². The van der Waals surface area contributed by atoms with Crippen LogP contribution >= 0.6 is 18.0 Å². The maximum atomic E-state index is 7.67. The second-order valence-electron chi connectivity index (χ2n) is 21.5. The van der Waals surface area contributed by atoms with Crippen molar-refractivity contribution in [2.24, 2.45) is 0 Å². The first-order chi connectivity index (χ1) is 30.2. The summed E-state index contributed by atoms with van der Waals surface area (Å²) in [6.07, 6.45) is 2.93. The Bertz CT molecular complexity index is 2600. The number of rotatable bonds is 7. The molecule has 1 aliphatic heterocycles. The van der Waals surface area contributed by atoms with Gasteiger partial charge in [0.2, 0.25) is 0 Å². The van der Waals surface area contributed by atoms with Crippen LogP contribution < -0.4 is 29.3 Å². The van der Waals surface area contributed by atoms with Crippen molar-refractivity contribution in [2.45, 2.75) is 124 Å². The Morgan fingerprint density at radius 3 is 1.42 bits per heavy atom. The Morgan fingerprint density at radius 2 is 0.938 bits per heavy atom. The van der Waals surface area contributed by atoms with Crippen molar-refractivity contribution in [3.8, 4) is 67.5 Å². The maximum absolute atomic E-state index is 7.67. The van der Waals surface area contributed by atoms with Crippen LogP contribution in [0.3, 0.4) is 0 Å². The summed E-state index contributed by atoms with van der Waals surface area (Å²) in [5.41, 5.74) is 12.8. The van der Waals surface area contributed by atoms with Gasteiger partial charge in [0, 0.05) is 38.7 Å². The number of hydrogen-bond donors (Lipinski definition) is 0. The molecule has 0 aliphatic carbocycles. The summed E-state index contributed by atoms with van der Waals surface area (Å²) in [5, 5.41) is 2.13. The van der Waals surface area contributed by atoms with E-state index in [9.17, 15) is 0 Å². The molecule has 6 aromatic rings. The van der Waals surface area contributed by atoms with Gasteiger partial charge in [0.25, 0.3) is 0 Å². The third kappa shape index (κ3) is 10.1. The molecule has 0 saturated heterocycles. The smallest absolute Gasteiger partial charge is 0.135 e. The molecule has 64 heavy (non-hydrogen) atoms. The monoisotopic (exact) mass is 892 g/mol. The third-order valence-corrected chi connectivity index (χ3v) is 14.0. The van der Waals surface area contributed by atoms with Gasteiger partial charge in [-0.2, -0.15) is 0 Å². The molecule has 0 amide bonds. The molecule has 1 aliphatic rings. The average molecular weight is 893 g/mol. The van der Waals surface area contributed by atoms with E-state index in [1.54, 1.807) is 0 Å². The summed E-state index contributed by atoms with van der Waals surface area (Å²) >= 11 is 0. The summed E-state index contributed by atoms with van der Waals surface area (Å²) < 4.78 is 27.8. The normalized spacial score (nSPS) is 14.0. The lowest BCUT2D eigenvalue weighted by Crippen LogP contribution is -2.20. The molecule has 4 nitrogen and oxygen atoms in total. The van der Waals surface area contributed by atoms with E-state index in [0.717, 1.165) is 103 Å². The summed E-state index contributed by atoms with van der Waals surface area (Å²) in [6.45, 7) is 28.8. The van der Waals surface area contributed by atoms with Crippen molar-refractivity contribution in [2.75, 3.05) is 20.3 Å². The Labute approximate surface area is 389 Å². The van der Waals surface area contributed by atoms with Gasteiger partial charge >= 0.3 is 0 Å². The van der Waals surface area contributed by atoms with Gasteiger partial charge < -0.3 is 18.7 Å². The molecular formula is C58H70O4P2. The van der Waals surface area contributed by atoms with Gasteiger partial charge in [-0.05, 0) is 110 Å². The molecule has 2 unspecified atom stereocenters. The lowest BCUT2D eigenvalue weighted by Gasteiger charge is -2.32. The fourth-order valence-electron chi connectivity index (χ4n) is 8.58. The number of fused-ring (bicyclic) bond motifs is 3. The van der Waals surface area contributed by atoms with Crippen molar-refractivity contribution in [1.29, 1.82) is 0 Å². The van der Waals surface area contributed by atoms with Gasteiger partial charge in [0.1, 0.15) is 31.8 Å². The third-order valence-electron chi connectivity index (χ3n) is 12.4. The predicted octanol–water partition coefficient (Wildman–Crippen LogP) is 15.3. The predicted molar refractivity (Wildman–Crippen MR) is 279 cm³/mol. The standard InChI is InChI=1S/C58H70O4P2/c1-55(2,3)39-33-43(51(59-13)45(35-39)57(7,8)9)44-34-40(56(4,5)6)36-46(58(10,11)12)52(44)62-64-54-42(38-25-19-15-20-26-38)28-30-48-50(54)49-47(60-31-21-16-22-32-61-48)29-27-41(53(49)63)37-23-17-14-18-24-37/h14-15,17-20,23-30,33-36,64H,16,21-22,31-32,63H2,1-13H3. The second kappa shape index (κ2) is 18.7. The van der Waals surface area contributed by atoms with Crippen LogP contribution in [0.4, 0.5) is 0 Å². The fraction of sp³-hybridized carbons (Fsp3) is 0.379. The quantitative estimate of drug-likeness (QED) is 0.150. The van der Waals surface area contributed by atoms with Crippen LogP contribution in [-0.4, -0.2) is 20.3 Å². The van der Waals surface area contributed by atoms with E-state index in [1.165, 1.54) is 16.7 Å². The van der Waals surface area contributed by atoms with Gasteiger partial charge in [-0.25, -0.2) is 0 Å². The van der Waals surface area contributed by atoms with Crippen LogP contribution in [0.15, 0.2) is 109 Å². The topological polar surface area (TPSA) is 36.9 Å². The minimum atomic E-state index is -0.263. The lowest BCUT2D eigenvalue weighted by atomic mass is 9.75. The average Bonchev–Trinajstić information content (AvgIpc) is 3.28. The summed E-state index contributed by atoms with van der Waals surface area (Å²) in [4.78, 5) is 0. The molecule has 0 radical (unpaired) electrons. The molecule has 0 saturated carbocycles. The molecule has 0 fully saturated rings. The van der Waals surface area contributed by atoms with Crippen molar-refractivity contribution in [3.63, 3.8) is 0 Å². The Kier molecular flexibility index (Phi) is 13.8. The van der Waals surface area contributed by atoms with Crippen LogP contribution in [0.5, 0.6) is 23.0 Å². The van der Waals surface area contributed by atoms with E-state index < -0.39 is 0 Å². The summed E-state index contributed by atoms with van der Waals surface area (Å²) in [7, 11) is 4.81. The van der Waals surface area contributed by atoms with Crippen molar-refractivity contribution < 1.29 is 18.7 Å². The Hall–Kier alpha value is -4.62. The molecule has 1 heterocycles. The van der Waals surface area contributed by atoms with Crippen LogP contribution in [0.1, 0.15) is 125 Å². The molecule has 336 valence electrons. The van der Waals surface area contributed by atoms with Gasteiger partial charge in [0.15, 0.2) is 0 Å².